The molecule has 0 bridgehead atoms. The van der Waals surface area contributed by atoms with E-state index in [4.69, 9.17) is 9.47 Å². The smallest absolute Gasteiger partial charge is 0.164 e. The van der Waals surface area contributed by atoms with E-state index in [1.165, 1.54) is 17.5 Å². The predicted molar refractivity (Wildman–Crippen MR) is 69.9 cm³/mol. The van der Waals surface area contributed by atoms with Crippen LogP contribution < -0.4 is 9.47 Å². The van der Waals surface area contributed by atoms with Gasteiger partial charge in [-0.1, -0.05) is 12.1 Å². The topological polar surface area (TPSA) is 18.5 Å². The quantitative estimate of drug-likeness (QED) is 0.741. The fourth-order valence-corrected chi connectivity index (χ4v) is 2.68. The van der Waals surface area contributed by atoms with Crippen LogP contribution in [0.3, 0.4) is 0 Å². The van der Waals surface area contributed by atoms with Crippen LogP contribution in [0, 0.1) is 5.92 Å². The summed E-state index contributed by atoms with van der Waals surface area (Å²) in [6.45, 7) is 3.83. The SMILES string of the molecule is C=CCC1CCc2ccc(OC)c(OC)c2C1. The van der Waals surface area contributed by atoms with Crippen molar-refractivity contribution in [3.8, 4) is 11.5 Å². The maximum Gasteiger partial charge on any atom is 0.164 e. The third-order valence-corrected chi connectivity index (χ3v) is 3.56. The van der Waals surface area contributed by atoms with Gasteiger partial charge in [0.05, 0.1) is 14.2 Å². The first-order chi connectivity index (χ1) is 8.30. The Bertz CT molecular complexity index is 410. The van der Waals surface area contributed by atoms with Gasteiger partial charge < -0.3 is 9.47 Å². The Morgan fingerprint density at radius 1 is 1.35 bits per heavy atom. The van der Waals surface area contributed by atoms with Crippen LogP contribution in [0.2, 0.25) is 0 Å². The molecule has 1 aliphatic carbocycles. The molecule has 1 aromatic rings. The molecule has 0 amide bonds. The van der Waals surface area contributed by atoms with Gasteiger partial charge in [-0.3, -0.25) is 0 Å². The van der Waals surface area contributed by atoms with Crippen LogP contribution in [0.5, 0.6) is 11.5 Å². The Morgan fingerprint density at radius 2 is 2.18 bits per heavy atom. The van der Waals surface area contributed by atoms with E-state index in [1.54, 1.807) is 14.2 Å². The highest BCUT2D eigenvalue weighted by Crippen LogP contribution is 2.39. The predicted octanol–water partition coefficient (Wildman–Crippen LogP) is 3.38. The van der Waals surface area contributed by atoms with Gasteiger partial charge in [0, 0.05) is 5.56 Å². The molecule has 1 aliphatic rings. The van der Waals surface area contributed by atoms with Gasteiger partial charge >= 0.3 is 0 Å². The molecule has 1 atom stereocenters. The average Bonchev–Trinajstić information content (AvgIpc) is 2.37. The number of rotatable bonds is 4. The van der Waals surface area contributed by atoms with Gasteiger partial charge in [-0.25, -0.2) is 0 Å². The van der Waals surface area contributed by atoms with Crippen molar-refractivity contribution in [3.05, 3.63) is 35.9 Å². The van der Waals surface area contributed by atoms with Gasteiger partial charge in [-0.15, -0.1) is 6.58 Å². The molecule has 0 aliphatic heterocycles. The molecule has 17 heavy (non-hydrogen) atoms. The van der Waals surface area contributed by atoms with E-state index >= 15 is 0 Å². The van der Waals surface area contributed by atoms with Crippen molar-refractivity contribution in [2.75, 3.05) is 14.2 Å². The lowest BCUT2D eigenvalue weighted by Crippen LogP contribution is -2.15. The van der Waals surface area contributed by atoms with Crippen molar-refractivity contribution in [2.45, 2.75) is 25.7 Å². The zero-order valence-electron chi connectivity index (χ0n) is 10.7. The average molecular weight is 232 g/mol. The summed E-state index contributed by atoms with van der Waals surface area (Å²) < 4.78 is 10.9. The molecule has 2 nitrogen and oxygen atoms in total. The molecule has 1 aromatic carbocycles. The van der Waals surface area contributed by atoms with Crippen LogP contribution in [0.15, 0.2) is 24.8 Å². The second-order valence-corrected chi connectivity index (χ2v) is 4.57. The fourth-order valence-electron chi connectivity index (χ4n) is 2.68. The third-order valence-electron chi connectivity index (χ3n) is 3.56. The van der Waals surface area contributed by atoms with Crippen LogP contribution in [0.1, 0.15) is 24.0 Å². The maximum atomic E-state index is 5.51. The summed E-state index contributed by atoms with van der Waals surface area (Å²) >= 11 is 0. The first-order valence-corrected chi connectivity index (χ1v) is 6.13. The summed E-state index contributed by atoms with van der Waals surface area (Å²) in [6.07, 6.45) is 6.55. The van der Waals surface area contributed by atoms with Crippen molar-refractivity contribution < 1.29 is 9.47 Å². The number of hydrogen-bond acceptors (Lipinski definition) is 2. The van der Waals surface area contributed by atoms with Crippen LogP contribution in [0.4, 0.5) is 0 Å². The van der Waals surface area contributed by atoms with E-state index in [-0.39, 0.29) is 0 Å². The lowest BCUT2D eigenvalue weighted by atomic mass is 9.81. The van der Waals surface area contributed by atoms with Crippen molar-refractivity contribution in [2.24, 2.45) is 5.92 Å². The highest BCUT2D eigenvalue weighted by Gasteiger charge is 2.23. The van der Waals surface area contributed by atoms with E-state index in [9.17, 15) is 0 Å². The number of aryl methyl sites for hydroxylation is 1. The van der Waals surface area contributed by atoms with E-state index in [2.05, 4.69) is 12.6 Å². The minimum Gasteiger partial charge on any atom is -0.493 e. The molecule has 92 valence electrons. The van der Waals surface area contributed by atoms with Crippen molar-refractivity contribution in [1.82, 2.24) is 0 Å². The molecule has 0 radical (unpaired) electrons. The zero-order valence-corrected chi connectivity index (χ0v) is 10.7. The lowest BCUT2D eigenvalue weighted by Gasteiger charge is -2.26. The van der Waals surface area contributed by atoms with Crippen LogP contribution in [-0.4, -0.2) is 14.2 Å². The maximum absolute atomic E-state index is 5.51. The number of ether oxygens (including phenoxy) is 2. The summed E-state index contributed by atoms with van der Waals surface area (Å²) in [5.74, 6) is 2.45. The number of benzene rings is 1. The van der Waals surface area contributed by atoms with Gasteiger partial charge in [-0.05, 0) is 43.2 Å². The van der Waals surface area contributed by atoms with E-state index in [0.717, 1.165) is 30.8 Å². The van der Waals surface area contributed by atoms with Gasteiger partial charge in [-0.2, -0.15) is 0 Å². The molecule has 0 fully saturated rings. The van der Waals surface area contributed by atoms with Crippen LogP contribution in [-0.2, 0) is 12.8 Å². The summed E-state index contributed by atoms with van der Waals surface area (Å²) in [4.78, 5) is 0. The zero-order chi connectivity index (χ0) is 12.3. The van der Waals surface area contributed by atoms with Gasteiger partial charge in [0.25, 0.3) is 0 Å². The van der Waals surface area contributed by atoms with Gasteiger partial charge in [0.15, 0.2) is 11.5 Å². The third kappa shape index (κ3) is 2.31. The number of fused-ring (bicyclic) bond motifs is 1. The fraction of sp³-hybridized carbons (Fsp3) is 0.467. The molecule has 0 N–H and O–H groups in total. The highest BCUT2D eigenvalue weighted by atomic mass is 16.5. The normalized spacial score (nSPS) is 18.4. The molecular weight excluding hydrogens is 212 g/mol. The molecule has 0 aromatic heterocycles. The molecule has 0 saturated carbocycles. The van der Waals surface area contributed by atoms with Crippen molar-refractivity contribution in [1.29, 1.82) is 0 Å². The molecule has 0 heterocycles. The Morgan fingerprint density at radius 3 is 2.82 bits per heavy atom. The largest absolute Gasteiger partial charge is 0.493 e. The standard InChI is InChI=1S/C15H20O2/c1-4-5-11-6-7-12-8-9-14(16-2)15(17-3)13(12)10-11/h4,8-9,11H,1,5-7,10H2,2-3H3. The Kier molecular flexibility index (Phi) is 3.72. The van der Waals surface area contributed by atoms with Crippen molar-refractivity contribution in [3.63, 3.8) is 0 Å². The van der Waals surface area contributed by atoms with Gasteiger partial charge in [0.2, 0.25) is 0 Å². The van der Waals surface area contributed by atoms with E-state index in [0.29, 0.717) is 5.92 Å². The van der Waals surface area contributed by atoms with Crippen molar-refractivity contribution >= 4 is 0 Å². The lowest BCUT2D eigenvalue weighted by molar-refractivity contribution is 0.344. The van der Waals surface area contributed by atoms with Crippen LogP contribution >= 0.6 is 0 Å². The molecule has 0 saturated heterocycles. The molecule has 2 rings (SSSR count). The second-order valence-electron chi connectivity index (χ2n) is 4.57. The minimum atomic E-state index is 0.695. The van der Waals surface area contributed by atoms with Gasteiger partial charge in [0.1, 0.15) is 0 Å². The number of hydrogen-bond donors (Lipinski definition) is 0. The summed E-state index contributed by atoms with van der Waals surface area (Å²) in [6, 6.07) is 4.17. The Hall–Kier alpha value is -1.44. The second kappa shape index (κ2) is 5.26. The first-order valence-electron chi connectivity index (χ1n) is 6.13. The van der Waals surface area contributed by atoms with Crippen LogP contribution in [0.25, 0.3) is 0 Å². The summed E-state index contributed by atoms with van der Waals surface area (Å²) in [7, 11) is 3.41. The number of allylic oxidation sites excluding steroid dienone is 1. The molecule has 0 spiro atoms. The first kappa shape index (κ1) is 12.0. The van der Waals surface area contributed by atoms with E-state index in [1.807, 2.05) is 12.1 Å². The minimum absolute atomic E-state index is 0.695. The highest BCUT2D eigenvalue weighted by molar-refractivity contribution is 5.51. The molecule has 2 heteroatoms. The monoisotopic (exact) mass is 232 g/mol. The molecular formula is C15H20O2. The Labute approximate surface area is 103 Å². The Balaban J connectivity index is 2.35. The summed E-state index contributed by atoms with van der Waals surface area (Å²) in [5, 5.41) is 0. The summed E-state index contributed by atoms with van der Waals surface area (Å²) in [5.41, 5.74) is 2.73. The molecule has 1 unspecified atom stereocenters. The number of methoxy groups -OCH3 is 2. The van der Waals surface area contributed by atoms with E-state index < -0.39 is 0 Å².